The van der Waals surface area contributed by atoms with Crippen molar-refractivity contribution in [3.63, 3.8) is 0 Å². The minimum Gasteiger partial charge on any atom is -0.371 e. The van der Waals surface area contributed by atoms with E-state index in [1.807, 2.05) is 19.1 Å². The number of benzene rings is 1. The molecular formula is C18H29FN2. The normalized spacial score (nSPS) is 19.6. The molecule has 1 aliphatic rings. The van der Waals surface area contributed by atoms with E-state index in [-0.39, 0.29) is 11.9 Å². The predicted octanol–water partition coefficient (Wildman–Crippen LogP) is 4.12. The summed E-state index contributed by atoms with van der Waals surface area (Å²) < 4.78 is 14.2. The Bertz CT molecular complexity index is 456. The van der Waals surface area contributed by atoms with Gasteiger partial charge in [-0.15, -0.1) is 0 Å². The van der Waals surface area contributed by atoms with Crippen molar-refractivity contribution in [1.82, 2.24) is 0 Å². The topological polar surface area (TPSA) is 29.3 Å². The fourth-order valence-electron chi connectivity index (χ4n) is 3.55. The number of anilines is 1. The van der Waals surface area contributed by atoms with E-state index in [2.05, 4.69) is 18.7 Å². The highest BCUT2D eigenvalue weighted by Gasteiger charge is 2.32. The van der Waals surface area contributed by atoms with Gasteiger partial charge in [0.05, 0.1) is 0 Å². The summed E-state index contributed by atoms with van der Waals surface area (Å²) in [7, 11) is 0. The van der Waals surface area contributed by atoms with Crippen LogP contribution in [0.4, 0.5) is 10.1 Å². The lowest BCUT2D eigenvalue weighted by Crippen LogP contribution is -2.40. The predicted molar refractivity (Wildman–Crippen MR) is 88.2 cm³/mol. The molecule has 1 unspecified atom stereocenters. The maximum atomic E-state index is 14.2. The SMILES string of the molecule is CCC1(CC)CCN(c2cccc(F)c2CC(C)N)CC1. The zero-order valence-corrected chi connectivity index (χ0v) is 13.7. The van der Waals surface area contributed by atoms with Gasteiger partial charge in [-0.1, -0.05) is 32.8 Å². The Morgan fingerprint density at radius 2 is 1.86 bits per heavy atom. The van der Waals surface area contributed by atoms with E-state index in [1.54, 1.807) is 6.07 Å². The molecule has 0 radical (unpaired) electrons. The van der Waals surface area contributed by atoms with Crippen LogP contribution in [0.3, 0.4) is 0 Å². The zero-order valence-electron chi connectivity index (χ0n) is 13.7. The van der Waals surface area contributed by atoms with Gasteiger partial charge in [0.25, 0.3) is 0 Å². The third-order valence-corrected chi connectivity index (χ3v) is 5.29. The molecule has 1 atom stereocenters. The molecule has 0 bridgehead atoms. The summed E-state index contributed by atoms with van der Waals surface area (Å²) in [6.45, 7) is 8.57. The molecule has 2 nitrogen and oxygen atoms in total. The third-order valence-electron chi connectivity index (χ3n) is 5.29. The van der Waals surface area contributed by atoms with E-state index < -0.39 is 0 Å². The summed E-state index contributed by atoms with van der Waals surface area (Å²) in [4.78, 5) is 2.35. The fourth-order valence-corrected chi connectivity index (χ4v) is 3.55. The molecule has 2 rings (SSSR count). The molecule has 1 aromatic carbocycles. The Balaban J connectivity index is 2.18. The first-order valence-electron chi connectivity index (χ1n) is 8.29. The van der Waals surface area contributed by atoms with Gasteiger partial charge in [0.15, 0.2) is 0 Å². The molecule has 0 amide bonds. The van der Waals surface area contributed by atoms with Crippen LogP contribution in [0.1, 0.15) is 52.0 Å². The standard InChI is InChI=1S/C18H29FN2/c1-4-18(5-2)9-11-21(12-10-18)17-8-6-7-16(19)15(17)13-14(3)20/h6-8,14H,4-5,9-13,20H2,1-3H3. The van der Waals surface area contributed by atoms with Gasteiger partial charge in [0.1, 0.15) is 5.82 Å². The number of nitrogens with two attached hydrogens (primary N) is 1. The van der Waals surface area contributed by atoms with Crippen LogP contribution < -0.4 is 10.6 Å². The Morgan fingerprint density at radius 1 is 1.24 bits per heavy atom. The first kappa shape index (κ1) is 16.3. The van der Waals surface area contributed by atoms with Gasteiger partial charge in [-0.05, 0) is 43.7 Å². The quantitative estimate of drug-likeness (QED) is 0.884. The van der Waals surface area contributed by atoms with Gasteiger partial charge in [-0.25, -0.2) is 4.39 Å². The fraction of sp³-hybridized carbons (Fsp3) is 0.667. The first-order valence-corrected chi connectivity index (χ1v) is 8.29. The van der Waals surface area contributed by atoms with Crippen molar-refractivity contribution < 1.29 is 4.39 Å². The molecule has 1 heterocycles. The van der Waals surface area contributed by atoms with Crippen molar-refractivity contribution in [2.45, 2.75) is 58.9 Å². The summed E-state index contributed by atoms with van der Waals surface area (Å²) in [6.07, 6.45) is 5.49. The van der Waals surface area contributed by atoms with Crippen LogP contribution in [0.15, 0.2) is 18.2 Å². The average molecular weight is 292 g/mol. The van der Waals surface area contributed by atoms with Crippen LogP contribution in [0.25, 0.3) is 0 Å². The lowest BCUT2D eigenvalue weighted by atomic mass is 9.74. The molecule has 118 valence electrons. The van der Waals surface area contributed by atoms with Gasteiger partial charge in [-0.2, -0.15) is 0 Å². The van der Waals surface area contributed by atoms with E-state index in [4.69, 9.17) is 5.73 Å². The van der Waals surface area contributed by atoms with Gasteiger partial charge in [0.2, 0.25) is 0 Å². The van der Waals surface area contributed by atoms with Gasteiger partial charge >= 0.3 is 0 Å². The minimum atomic E-state index is -0.118. The Labute approximate surface area is 128 Å². The number of piperidine rings is 1. The number of rotatable bonds is 5. The van der Waals surface area contributed by atoms with Crippen molar-refractivity contribution in [3.8, 4) is 0 Å². The molecule has 0 spiro atoms. The third kappa shape index (κ3) is 3.57. The lowest BCUT2D eigenvalue weighted by Gasteiger charge is -2.42. The molecule has 1 fully saturated rings. The Hall–Kier alpha value is -1.09. The maximum absolute atomic E-state index is 14.2. The summed E-state index contributed by atoms with van der Waals surface area (Å²) in [5.74, 6) is -0.118. The van der Waals surface area contributed by atoms with Crippen molar-refractivity contribution >= 4 is 5.69 Å². The van der Waals surface area contributed by atoms with Crippen LogP contribution in [0.2, 0.25) is 0 Å². The van der Waals surface area contributed by atoms with E-state index in [1.165, 1.54) is 25.7 Å². The average Bonchev–Trinajstić information content (AvgIpc) is 2.49. The van der Waals surface area contributed by atoms with Crippen molar-refractivity contribution in [3.05, 3.63) is 29.6 Å². The van der Waals surface area contributed by atoms with E-state index in [9.17, 15) is 4.39 Å². The molecule has 0 aliphatic carbocycles. The number of halogens is 1. The number of hydrogen-bond acceptors (Lipinski definition) is 2. The van der Waals surface area contributed by atoms with Crippen LogP contribution >= 0.6 is 0 Å². The maximum Gasteiger partial charge on any atom is 0.128 e. The van der Waals surface area contributed by atoms with Crippen molar-refractivity contribution in [2.24, 2.45) is 11.1 Å². The van der Waals surface area contributed by atoms with Crippen LogP contribution in [0, 0.1) is 11.2 Å². The molecule has 2 N–H and O–H groups in total. The molecule has 1 aromatic rings. The highest BCUT2D eigenvalue weighted by atomic mass is 19.1. The smallest absolute Gasteiger partial charge is 0.128 e. The summed E-state index contributed by atoms with van der Waals surface area (Å²) in [5.41, 5.74) is 8.22. The van der Waals surface area contributed by atoms with Crippen LogP contribution in [-0.2, 0) is 6.42 Å². The second-order valence-electron chi connectivity index (χ2n) is 6.61. The van der Waals surface area contributed by atoms with Gasteiger partial charge < -0.3 is 10.6 Å². The van der Waals surface area contributed by atoms with Gasteiger partial charge in [-0.3, -0.25) is 0 Å². The van der Waals surface area contributed by atoms with E-state index in [0.29, 0.717) is 11.8 Å². The number of nitrogens with zero attached hydrogens (tertiary/aromatic N) is 1. The summed E-state index contributed by atoms with van der Waals surface area (Å²) >= 11 is 0. The van der Waals surface area contributed by atoms with Crippen LogP contribution in [-0.4, -0.2) is 19.1 Å². The minimum absolute atomic E-state index is 0.0178. The molecule has 1 aliphatic heterocycles. The second kappa shape index (κ2) is 6.78. The zero-order chi connectivity index (χ0) is 15.5. The molecule has 0 saturated carbocycles. The van der Waals surface area contributed by atoms with E-state index >= 15 is 0 Å². The van der Waals surface area contributed by atoms with Crippen LogP contribution in [0.5, 0.6) is 0 Å². The molecular weight excluding hydrogens is 263 g/mol. The number of hydrogen-bond donors (Lipinski definition) is 1. The highest BCUT2D eigenvalue weighted by molar-refractivity contribution is 5.55. The lowest BCUT2D eigenvalue weighted by molar-refractivity contribution is 0.199. The second-order valence-corrected chi connectivity index (χ2v) is 6.61. The summed E-state index contributed by atoms with van der Waals surface area (Å²) in [6, 6.07) is 5.40. The molecule has 1 saturated heterocycles. The monoisotopic (exact) mass is 292 g/mol. The first-order chi connectivity index (χ1) is 10.0. The van der Waals surface area contributed by atoms with Crippen molar-refractivity contribution in [1.29, 1.82) is 0 Å². The highest BCUT2D eigenvalue weighted by Crippen LogP contribution is 2.40. The molecule has 21 heavy (non-hydrogen) atoms. The summed E-state index contributed by atoms with van der Waals surface area (Å²) in [5, 5.41) is 0. The largest absolute Gasteiger partial charge is 0.371 e. The molecule has 3 heteroatoms. The van der Waals surface area contributed by atoms with Crippen molar-refractivity contribution in [2.75, 3.05) is 18.0 Å². The van der Waals surface area contributed by atoms with E-state index in [0.717, 1.165) is 24.3 Å². The van der Waals surface area contributed by atoms with Gasteiger partial charge in [0, 0.05) is 30.4 Å². The Kier molecular flexibility index (Phi) is 5.26. The Morgan fingerprint density at radius 3 is 2.38 bits per heavy atom. The molecule has 0 aromatic heterocycles.